The van der Waals surface area contributed by atoms with Crippen molar-refractivity contribution in [2.24, 2.45) is 0 Å². The quantitative estimate of drug-likeness (QED) is 0.741. The molecule has 0 bridgehead atoms. The van der Waals surface area contributed by atoms with Crippen molar-refractivity contribution in [1.82, 2.24) is 10.2 Å². The molecule has 0 radical (unpaired) electrons. The number of nitrogens with one attached hydrogen (secondary N) is 1. The molecule has 3 heteroatoms. The third-order valence-corrected chi connectivity index (χ3v) is 2.51. The second-order valence-electron chi connectivity index (χ2n) is 3.45. The third-order valence-electron chi connectivity index (χ3n) is 2.18. The Morgan fingerprint density at radius 2 is 2.15 bits per heavy atom. The van der Waals surface area contributed by atoms with E-state index in [1.807, 2.05) is 18.3 Å². The summed E-state index contributed by atoms with van der Waals surface area (Å²) in [6, 6.07) is 3.90. The summed E-state index contributed by atoms with van der Waals surface area (Å²) in [5, 5.41) is 8.91. The molecule has 68 valence electrons. The molecule has 2 nitrogen and oxygen atoms in total. The van der Waals surface area contributed by atoms with Gasteiger partial charge in [-0.05, 0) is 23.6 Å². The first-order valence-electron chi connectivity index (χ1n) is 4.31. The lowest BCUT2D eigenvalue weighted by Gasteiger charge is -2.08. The van der Waals surface area contributed by atoms with Gasteiger partial charge in [0.05, 0.1) is 11.7 Å². The van der Waals surface area contributed by atoms with Crippen LogP contribution in [0.2, 0.25) is 5.02 Å². The summed E-state index contributed by atoms with van der Waals surface area (Å²) >= 11 is 6.11. The lowest BCUT2D eigenvalue weighted by Crippen LogP contribution is -1.90. The lowest BCUT2D eigenvalue weighted by molar-refractivity contribution is 0.871. The molecule has 0 fully saturated rings. The zero-order chi connectivity index (χ0) is 9.42. The molecule has 13 heavy (non-hydrogen) atoms. The lowest BCUT2D eigenvalue weighted by atomic mass is 10.0. The predicted molar refractivity (Wildman–Crippen MR) is 55.2 cm³/mol. The molecule has 2 aromatic rings. The van der Waals surface area contributed by atoms with E-state index in [4.69, 9.17) is 11.6 Å². The maximum Gasteiger partial charge on any atom is 0.0699 e. The Bertz CT molecular complexity index is 431. The molecule has 1 N–H and O–H groups in total. The molecule has 0 aliphatic rings. The summed E-state index contributed by atoms with van der Waals surface area (Å²) in [4.78, 5) is 0. The second kappa shape index (κ2) is 3.04. The SMILES string of the molecule is CC(C)c1c(Cl)ccc2cn[nH]c12. The zero-order valence-corrected chi connectivity index (χ0v) is 8.39. The highest BCUT2D eigenvalue weighted by Gasteiger charge is 2.10. The summed E-state index contributed by atoms with van der Waals surface area (Å²) in [7, 11) is 0. The number of fused-ring (bicyclic) bond motifs is 1. The average Bonchev–Trinajstić information content (AvgIpc) is 2.50. The first kappa shape index (κ1) is 8.57. The van der Waals surface area contributed by atoms with Crippen LogP contribution in [0.15, 0.2) is 18.3 Å². The van der Waals surface area contributed by atoms with Crippen molar-refractivity contribution in [1.29, 1.82) is 0 Å². The Morgan fingerprint density at radius 3 is 2.85 bits per heavy atom. The second-order valence-corrected chi connectivity index (χ2v) is 3.86. The van der Waals surface area contributed by atoms with Crippen LogP contribution in [0, 0.1) is 0 Å². The van der Waals surface area contributed by atoms with Gasteiger partial charge in [-0.2, -0.15) is 5.10 Å². The summed E-state index contributed by atoms with van der Waals surface area (Å²) < 4.78 is 0. The molecule has 2 rings (SSSR count). The van der Waals surface area contributed by atoms with Gasteiger partial charge in [0.1, 0.15) is 0 Å². The number of aromatic amines is 1. The molecule has 0 atom stereocenters. The molecule has 0 aliphatic carbocycles. The van der Waals surface area contributed by atoms with Gasteiger partial charge in [-0.1, -0.05) is 25.4 Å². The van der Waals surface area contributed by atoms with E-state index < -0.39 is 0 Å². The minimum absolute atomic E-state index is 0.414. The van der Waals surface area contributed by atoms with Crippen LogP contribution >= 0.6 is 11.6 Å². The van der Waals surface area contributed by atoms with E-state index in [2.05, 4.69) is 24.0 Å². The van der Waals surface area contributed by atoms with E-state index in [0.29, 0.717) is 5.92 Å². The van der Waals surface area contributed by atoms with Crippen LogP contribution in [0.1, 0.15) is 25.3 Å². The van der Waals surface area contributed by atoms with E-state index in [-0.39, 0.29) is 0 Å². The standard InChI is InChI=1S/C10H11ClN2/c1-6(2)9-8(11)4-3-7-5-12-13-10(7)9/h3-6H,1-2H3,(H,12,13). The van der Waals surface area contributed by atoms with Crippen molar-refractivity contribution in [3.8, 4) is 0 Å². The maximum absolute atomic E-state index is 6.11. The number of halogens is 1. The minimum Gasteiger partial charge on any atom is -0.277 e. The molecular formula is C10H11ClN2. The molecule has 1 aromatic heterocycles. The van der Waals surface area contributed by atoms with Crippen molar-refractivity contribution in [2.45, 2.75) is 19.8 Å². The highest BCUT2D eigenvalue weighted by Crippen LogP contribution is 2.30. The summed E-state index contributed by atoms with van der Waals surface area (Å²) in [6.45, 7) is 4.25. The molecule has 1 aromatic carbocycles. The van der Waals surface area contributed by atoms with Crippen molar-refractivity contribution < 1.29 is 0 Å². The number of nitrogens with zero attached hydrogens (tertiary/aromatic N) is 1. The van der Waals surface area contributed by atoms with Gasteiger partial charge in [0.15, 0.2) is 0 Å². The first-order valence-corrected chi connectivity index (χ1v) is 4.69. The Balaban J connectivity index is 2.80. The molecular weight excluding hydrogens is 184 g/mol. The predicted octanol–water partition coefficient (Wildman–Crippen LogP) is 3.34. The van der Waals surface area contributed by atoms with Crippen molar-refractivity contribution in [2.75, 3.05) is 0 Å². The Labute approximate surface area is 81.9 Å². The van der Waals surface area contributed by atoms with Crippen LogP contribution in [0.4, 0.5) is 0 Å². The van der Waals surface area contributed by atoms with Crippen LogP contribution in [-0.2, 0) is 0 Å². The number of hydrogen-bond acceptors (Lipinski definition) is 1. The third kappa shape index (κ3) is 1.31. The average molecular weight is 195 g/mol. The van der Waals surface area contributed by atoms with E-state index in [1.54, 1.807) is 0 Å². The topological polar surface area (TPSA) is 28.7 Å². The van der Waals surface area contributed by atoms with Gasteiger partial charge in [0, 0.05) is 10.4 Å². The number of rotatable bonds is 1. The van der Waals surface area contributed by atoms with Gasteiger partial charge in [-0.25, -0.2) is 0 Å². The zero-order valence-electron chi connectivity index (χ0n) is 7.63. The van der Waals surface area contributed by atoms with Gasteiger partial charge >= 0.3 is 0 Å². The first-order chi connectivity index (χ1) is 6.20. The molecule has 0 aliphatic heterocycles. The smallest absolute Gasteiger partial charge is 0.0699 e. The number of benzene rings is 1. The van der Waals surface area contributed by atoms with Gasteiger partial charge in [0.25, 0.3) is 0 Å². The molecule has 1 heterocycles. The Morgan fingerprint density at radius 1 is 1.38 bits per heavy atom. The largest absolute Gasteiger partial charge is 0.277 e. The van der Waals surface area contributed by atoms with Crippen molar-refractivity contribution >= 4 is 22.5 Å². The normalized spacial score (nSPS) is 11.4. The minimum atomic E-state index is 0.414. The maximum atomic E-state index is 6.11. The highest BCUT2D eigenvalue weighted by molar-refractivity contribution is 6.32. The van der Waals surface area contributed by atoms with Gasteiger partial charge in [-0.3, -0.25) is 5.10 Å². The molecule has 0 spiro atoms. The van der Waals surface area contributed by atoms with Gasteiger partial charge in [-0.15, -0.1) is 0 Å². The van der Waals surface area contributed by atoms with Gasteiger partial charge in [0.2, 0.25) is 0 Å². The van der Waals surface area contributed by atoms with Crippen LogP contribution < -0.4 is 0 Å². The number of aromatic nitrogens is 2. The molecule has 0 amide bonds. The Kier molecular flexibility index (Phi) is 2.00. The fraction of sp³-hybridized carbons (Fsp3) is 0.300. The molecule has 0 unspecified atom stereocenters. The van der Waals surface area contributed by atoms with Crippen molar-refractivity contribution in [3.05, 3.63) is 28.9 Å². The van der Waals surface area contributed by atoms with Gasteiger partial charge < -0.3 is 0 Å². The number of hydrogen-bond donors (Lipinski definition) is 1. The van der Waals surface area contributed by atoms with E-state index in [0.717, 1.165) is 21.5 Å². The summed E-state index contributed by atoms with van der Waals surface area (Å²) in [5.74, 6) is 0.414. The highest BCUT2D eigenvalue weighted by atomic mass is 35.5. The monoisotopic (exact) mass is 194 g/mol. The Hall–Kier alpha value is -1.02. The molecule has 0 saturated heterocycles. The van der Waals surface area contributed by atoms with E-state index in [1.165, 1.54) is 0 Å². The van der Waals surface area contributed by atoms with Crippen LogP contribution in [0.25, 0.3) is 10.9 Å². The van der Waals surface area contributed by atoms with Crippen molar-refractivity contribution in [3.63, 3.8) is 0 Å². The number of H-pyrrole nitrogens is 1. The fourth-order valence-corrected chi connectivity index (χ4v) is 1.95. The summed E-state index contributed by atoms with van der Waals surface area (Å²) in [5.41, 5.74) is 2.21. The molecule has 0 saturated carbocycles. The van der Waals surface area contributed by atoms with E-state index in [9.17, 15) is 0 Å². The fourth-order valence-electron chi connectivity index (χ4n) is 1.57. The van der Waals surface area contributed by atoms with E-state index >= 15 is 0 Å². The van der Waals surface area contributed by atoms with Crippen LogP contribution in [0.3, 0.4) is 0 Å². The summed E-state index contributed by atoms with van der Waals surface area (Å²) in [6.07, 6.45) is 1.82. The van der Waals surface area contributed by atoms with Crippen LogP contribution in [0.5, 0.6) is 0 Å². The van der Waals surface area contributed by atoms with Crippen LogP contribution in [-0.4, -0.2) is 10.2 Å².